The number of non-ortho nitro benzene ring substituents is 1. The van der Waals surface area contributed by atoms with Gasteiger partial charge in [-0.15, -0.1) is 11.3 Å². The Bertz CT molecular complexity index is 1070. The number of hydrogen-bond acceptors (Lipinski definition) is 6. The Balaban J connectivity index is 1.78. The summed E-state index contributed by atoms with van der Waals surface area (Å²) in [5, 5.41) is 25.5. The number of nitro groups is 1. The molecule has 0 fully saturated rings. The first kappa shape index (κ1) is 18.3. The van der Waals surface area contributed by atoms with Gasteiger partial charge < -0.3 is 5.11 Å². The van der Waals surface area contributed by atoms with Crippen LogP contribution in [0.25, 0.3) is 10.1 Å². The summed E-state index contributed by atoms with van der Waals surface area (Å²) in [5.74, 6) is -0.521. The van der Waals surface area contributed by atoms with Crippen LogP contribution in [0.2, 0.25) is 5.02 Å². The van der Waals surface area contributed by atoms with Crippen molar-refractivity contribution >= 4 is 66.8 Å². The number of carbonyl (C=O) groups is 1. The first-order valence-corrected chi connectivity index (χ1v) is 9.03. The van der Waals surface area contributed by atoms with Crippen molar-refractivity contribution in [3.05, 3.63) is 66.4 Å². The van der Waals surface area contributed by atoms with Gasteiger partial charge in [-0.05, 0) is 40.2 Å². The molecule has 7 nitrogen and oxygen atoms in total. The third-order valence-electron chi connectivity index (χ3n) is 3.36. The molecule has 0 radical (unpaired) electrons. The molecule has 0 saturated carbocycles. The highest BCUT2D eigenvalue weighted by molar-refractivity contribution is 9.10. The molecule has 26 heavy (non-hydrogen) atoms. The number of halogens is 2. The smallest absolute Gasteiger partial charge is 0.281 e. The van der Waals surface area contributed by atoms with E-state index in [0.29, 0.717) is 25.3 Å². The van der Waals surface area contributed by atoms with E-state index < -0.39 is 10.8 Å². The maximum atomic E-state index is 12.2. The number of phenolic OH excluding ortho intramolecular Hbond substituents is 1. The monoisotopic (exact) mass is 453 g/mol. The molecule has 1 aromatic heterocycles. The van der Waals surface area contributed by atoms with Gasteiger partial charge >= 0.3 is 0 Å². The number of fused-ring (bicyclic) bond motifs is 1. The van der Waals surface area contributed by atoms with E-state index in [-0.39, 0.29) is 11.4 Å². The summed E-state index contributed by atoms with van der Waals surface area (Å²) in [7, 11) is 0. The first-order chi connectivity index (χ1) is 12.3. The summed E-state index contributed by atoms with van der Waals surface area (Å²) < 4.78 is 1.16. The molecule has 3 aromatic rings. The molecule has 1 amide bonds. The van der Waals surface area contributed by atoms with E-state index in [4.69, 9.17) is 11.6 Å². The number of nitrogens with zero attached hydrogens (tertiary/aromatic N) is 2. The van der Waals surface area contributed by atoms with Gasteiger partial charge in [0.1, 0.15) is 5.75 Å². The van der Waals surface area contributed by atoms with Gasteiger partial charge in [-0.2, -0.15) is 5.10 Å². The van der Waals surface area contributed by atoms with Crippen molar-refractivity contribution in [3.8, 4) is 5.75 Å². The number of amides is 1. The molecule has 0 aliphatic heterocycles. The SMILES string of the molecule is O=C(N/N=C\c1cc(Cl)cc(Br)c1O)c1cc2cc([N+](=O)[O-])ccc2s1. The van der Waals surface area contributed by atoms with Gasteiger partial charge in [0.15, 0.2) is 0 Å². The molecule has 3 rings (SSSR count). The number of hydrazone groups is 1. The highest BCUT2D eigenvalue weighted by Crippen LogP contribution is 2.31. The summed E-state index contributed by atoms with van der Waals surface area (Å²) in [6.45, 7) is 0. The quantitative estimate of drug-likeness (QED) is 0.339. The number of aromatic hydroxyl groups is 1. The minimum absolute atomic E-state index is 0.0395. The summed E-state index contributed by atoms with van der Waals surface area (Å²) in [6.07, 6.45) is 1.27. The van der Waals surface area contributed by atoms with Gasteiger partial charge in [0.2, 0.25) is 0 Å². The van der Waals surface area contributed by atoms with Crippen molar-refractivity contribution in [1.82, 2.24) is 5.43 Å². The lowest BCUT2D eigenvalue weighted by Crippen LogP contribution is -2.16. The number of phenols is 1. The normalized spacial score (nSPS) is 11.2. The van der Waals surface area contributed by atoms with Crippen molar-refractivity contribution in [2.24, 2.45) is 5.10 Å². The Kier molecular flexibility index (Phi) is 5.21. The van der Waals surface area contributed by atoms with Gasteiger partial charge in [-0.1, -0.05) is 11.6 Å². The van der Waals surface area contributed by atoms with E-state index in [1.165, 1.54) is 41.8 Å². The third kappa shape index (κ3) is 3.85. The molecule has 0 aliphatic rings. The third-order valence-corrected chi connectivity index (χ3v) is 5.30. The minimum atomic E-state index is -0.489. The van der Waals surface area contributed by atoms with Crippen molar-refractivity contribution < 1.29 is 14.8 Å². The van der Waals surface area contributed by atoms with Gasteiger partial charge in [-0.25, -0.2) is 5.43 Å². The number of benzene rings is 2. The molecule has 1 heterocycles. The molecule has 2 N–H and O–H groups in total. The average molecular weight is 455 g/mol. The second-order valence-corrected chi connectivity index (χ2v) is 7.49. The molecule has 0 unspecified atom stereocenters. The Labute approximate surface area is 164 Å². The van der Waals surface area contributed by atoms with E-state index in [2.05, 4.69) is 26.5 Å². The molecule has 0 spiro atoms. The van der Waals surface area contributed by atoms with Gasteiger partial charge in [0, 0.05) is 32.8 Å². The summed E-state index contributed by atoms with van der Waals surface area (Å²) in [6, 6.07) is 8.98. The summed E-state index contributed by atoms with van der Waals surface area (Å²) in [4.78, 5) is 22.9. The van der Waals surface area contributed by atoms with Crippen LogP contribution >= 0.6 is 38.9 Å². The van der Waals surface area contributed by atoms with Crippen molar-refractivity contribution in [2.75, 3.05) is 0 Å². The fourth-order valence-electron chi connectivity index (χ4n) is 2.16. The van der Waals surface area contributed by atoms with Crippen LogP contribution in [0.4, 0.5) is 5.69 Å². The summed E-state index contributed by atoms with van der Waals surface area (Å²) in [5.41, 5.74) is 2.64. The number of carbonyl (C=O) groups excluding carboxylic acids is 1. The Morgan fingerprint density at radius 1 is 1.35 bits per heavy atom. The number of nitro benzene ring substituents is 1. The topological polar surface area (TPSA) is 105 Å². The van der Waals surface area contributed by atoms with Gasteiger partial charge in [0.25, 0.3) is 11.6 Å². The van der Waals surface area contributed by atoms with E-state index in [1.54, 1.807) is 12.1 Å². The zero-order valence-electron chi connectivity index (χ0n) is 12.8. The fourth-order valence-corrected chi connectivity index (χ4v) is 3.92. The van der Waals surface area contributed by atoms with Crippen LogP contribution < -0.4 is 5.43 Å². The van der Waals surface area contributed by atoms with Crippen LogP contribution in [0.1, 0.15) is 15.2 Å². The van der Waals surface area contributed by atoms with Crippen LogP contribution in [0.15, 0.2) is 46.0 Å². The highest BCUT2D eigenvalue weighted by Gasteiger charge is 2.13. The van der Waals surface area contributed by atoms with Gasteiger partial charge in [0.05, 0.1) is 20.5 Å². The number of hydrogen-bond donors (Lipinski definition) is 2. The minimum Gasteiger partial charge on any atom is -0.506 e. The lowest BCUT2D eigenvalue weighted by molar-refractivity contribution is -0.384. The molecular weight excluding hydrogens is 446 g/mol. The van der Waals surface area contributed by atoms with Crippen LogP contribution in [0, 0.1) is 10.1 Å². The molecule has 0 saturated heterocycles. The van der Waals surface area contributed by atoms with Crippen molar-refractivity contribution in [1.29, 1.82) is 0 Å². The first-order valence-electron chi connectivity index (χ1n) is 7.04. The lowest BCUT2D eigenvalue weighted by atomic mass is 10.2. The molecule has 0 atom stereocenters. The predicted molar refractivity (Wildman–Crippen MR) is 104 cm³/mol. The maximum absolute atomic E-state index is 12.2. The van der Waals surface area contributed by atoms with E-state index in [1.807, 2.05) is 0 Å². The van der Waals surface area contributed by atoms with Gasteiger partial charge in [-0.3, -0.25) is 14.9 Å². The summed E-state index contributed by atoms with van der Waals surface area (Å²) >= 11 is 10.3. The molecule has 2 aromatic carbocycles. The van der Waals surface area contributed by atoms with Crippen molar-refractivity contribution in [3.63, 3.8) is 0 Å². The Hall–Kier alpha value is -2.49. The molecule has 0 aliphatic carbocycles. The Morgan fingerprint density at radius 2 is 2.12 bits per heavy atom. The van der Waals surface area contributed by atoms with Crippen LogP contribution in [-0.4, -0.2) is 22.2 Å². The predicted octanol–water partition coefficient (Wildman–Crippen LogP) is 4.69. The van der Waals surface area contributed by atoms with E-state index >= 15 is 0 Å². The zero-order valence-corrected chi connectivity index (χ0v) is 15.9. The second kappa shape index (κ2) is 7.40. The number of thiophene rings is 1. The lowest BCUT2D eigenvalue weighted by Gasteiger charge is -2.02. The average Bonchev–Trinajstić information content (AvgIpc) is 3.02. The number of nitrogens with one attached hydrogen (secondary N) is 1. The molecule has 0 bridgehead atoms. The van der Waals surface area contributed by atoms with E-state index in [9.17, 15) is 20.0 Å². The Morgan fingerprint density at radius 3 is 2.85 bits per heavy atom. The van der Waals surface area contributed by atoms with Crippen molar-refractivity contribution in [2.45, 2.75) is 0 Å². The largest absolute Gasteiger partial charge is 0.506 e. The van der Waals surface area contributed by atoms with Crippen LogP contribution in [0.5, 0.6) is 5.75 Å². The molecule has 10 heteroatoms. The van der Waals surface area contributed by atoms with Crippen LogP contribution in [0.3, 0.4) is 0 Å². The van der Waals surface area contributed by atoms with E-state index in [0.717, 1.165) is 4.70 Å². The number of rotatable bonds is 4. The molecular formula is C16H9BrClN3O4S. The molecule has 132 valence electrons. The highest BCUT2D eigenvalue weighted by atomic mass is 79.9. The second-order valence-electron chi connectivity index (χ2n) is 5.11. The fraction of sp³-hybridized carbons (Fsp3) is 0. The van der Waals surface area contributed by atoms with Crippen LogP contribution in [-0.2, 0) is 0 Å². The maximum Gasteiger partial charge on any atom is 0.281 e. The zero-order chi connectivity index (χ0) is 18.8. The standard InChI is InChI=1S/C16H9BrClN3O4S/c17-12-6-10(18)3-9(15(12)22)7-19-20-16(23)14-5-8-4-11(21(24)25)1-2-13(8)26-14/h1-7,22H,(H,20,23)/b19-7-.